The summed E-state index contributed by atoms with van der Waals surface area (Å²) in [7, 11) is 0. The highest BCUT2D eigenvalue weighted by Gasteiger charge is 2.30. The van der Waals surface area contributed by atoms with E-state index in [1.165, 1.54) is 12.1 Å². The van der Waals surface area contributed by atoms with Gasteiger partial charge >= 0.3 is 0 Å². The van der Waals surface area contributed by atoms with E-state index in [4.69, 9.17) is 4.74 Å². The third-order valence-electron chi connectivity index (χ3n) is 6.17. The fourth-order valence-electron chi connectivity index (χ4n) is 4.10. The van der Waals surface area contributed by atoms with Crippen molar-refractivity contribution in [3.8, 4) is 22.5 Å². The van der Waals surface area contributed by atoms with Gasteiger partial charge in [0.05, 0.1) is 12.2 Å². The molecule has 3 nitrogen and oxygen atoms in total. The molecule has 0 amide bonds. The molecule has 0 aliphatic carbocycles. The van der Waals surface area contributed by atoms with Crippen molar-refractivity contribution in [2.24, 2.45) is 0 Å². The van der Waals surface area contributed by atoms with Crippen LogP contribution in [0.25, 0.3) is 28.6 Å². The van der Waals surface area contributed by atoms with Crippen LogP contribution in [0, 0.1) is 23.3 Å². The van der Waals surface area contributed by atoms with Gasteiger partial charge in [0.2, 0.25) is 0 Å². The molecule has 0 spiro atoms. The van der Waals surface area contributed by atoms with Crippen LogP contribution in [-0.4, -0.2) is 16.6 Å². The van der Waals surface area contributed by atoms with E-state index in [0.717, 1.165) is 11.1 Å². The standard InChI is InChI=1S/C29H22F4N2O/c1-2-3-18-14-34-29(35-15-18)23-11-10-20(25(30)28(23)33)9-6-17-4-7-19(8-5-17)21-12-13-22(24-16-36-24)27(32)26(21)31/h2-5,7-8,10-15,24H,6,9,16H2,1H3/b3-2+. The Bertz CT molecular complexity index is 1430. The number of aryl methyl sites for hydroxylation is 2. The Morgan fingerprint density at radius 2 is 1.47 bits per heavy atom. The molecular weight excluding hydrogens is 468 g/mol. The van der Waals surface area contributed by atoms with Crippen LogP contribution in [0.5, 0.6) is 0 Å². The summed E-state index contributed by atoms with van der Waals surface area (Å²) in [4.78, 5) is 8.26. The fraction of sp³-hybridized carbons (Fsp3) is 0.172. The summed E-state index contributed by atoms with van der Waals surface area (Å²) in [5, 5.41) is 0. The van der Waals surface area contributed by atoms with E-state index in [1.807, 2.05) is 19.1 Å². The highest BCUT2D eigenvalue weighted by molar-refractivity contribution is 5.65. The van der Waals surface area contributed by atoms with Gasteiger partial charge in [-0.05, 0) is 42.5 Å². The lowest BCUT2D eigenvalue weighted by molar-refractivity contribution is 0.401. The lowest BCUT2D eigenvalue weighted by atomic mass is 9.98. The maximum Gasteiger partial charge on any atom is 0.170 e. The number of epoxide rings is 1. The Hall–Kier alpha value is -3.84. The van der Waals surface area contributed by atoms with E-state index in [2.05, 4.69) is 9.97 Å². The lowest BCUT2D eigenvalue weighted by Gasteiger charge is -2.10. The van der Waals surface area contributed by atoms with Crippen molar-refractivity contribution in [2.45, 2.75) is 25.9 Å². The van der Waals surface area contributed by atoms with Gasteiger partial charge in [-0.1, -0.05) is 54.6 Å². The van der Waals surface area contributed by atoms with Crippen LogP contribution >= 0.6 is 0 Å². The quantitative estimate of drug-likeness (QED) is 0.202. The predicted molar refractivity (Wildman–Crippen MR) is 130 cm³/mol. The molecule has 1 unspecified atom stereocenters. The third kappa shape index (κ3) is 4.79. The van der Waals surface area contributed by atoms with Crippen molar-refractivity contribution < 1.29 is 22.3 Å². The van der Waals surface area contributed by atoms with E-state index in [-0.39, 0.29) is 40.6 Å². The Morgan fingerprint density at radius 3 is 2.14 bits per heavy atom. The van der Waals surface area contributed by atoms with Crippen LogP contribution in [0.2, 0.25) is 0 Å². The van der Waals surface area contributed by atoms with Crippen molar-refractivity contribution in [3.63, 3.8) is 0 Å². The summed E-state index contributed by atoms with van der Waals surface area (Å²) in [5.74, 6) is -3.60. The molecule has 5 rings (SSSR count). The molecule has 182 valence electrons. The van der Waals surface area contributed by atoms with E-state index in [9.17, 15) is 17.6 Å². The molecule has 0 saturated carbocycles. The highest BCUT2D eigenvalue weighted by atomic mass is 19.2. The van der Waals surface area contributed by atoms with Gasteiger partial charge in [-0.2, -0.15) is 0 Å². The summed E-state index contributed by atoms with van der Waals surface area (Å²) in [5.41, 5.74) is 2.77. The summed E-state index contributed by atoms with van der Waals surface area (Å²) in [6.45, 7) is 2.26. The number of allylic oxidation sites excluding steroid dienone is 1. The molecule has 0 radical (unpaired) electrons. The minimum Gasteiger partial charge on any atom is -0.368 e. The second-order valence-electron chi connectivity index (χ2n) is 8.59. The highest BCUT2D eigenvalue weighted by Crippen LogP contribution is 2.35. The molecule has 1 atom stereocenters. The molecule has 3 aromatic carbocycles. The second-order valence-corrected chi connectivity index (χ2v) is 8.59. The van der Waals surface area contributed by atoms with Crippen molar-refractivity contribution >= 4 is 6.08 Å². The Morgan fingerprint density at radius 1 is 0.806 bits per heavy atom. The monoisotopic (exact) mass is 490 g/mol. The van der Waals surface area contributed by atoms with Gasteiger partial charge in [-0.15, -0.1) is 0 Å². The Labute approximate surface area is 206 Å². The number of rotatable bonds is 7. The summed E-state index contributed by atoms with van der Waals surface area (Å²) in [6.07, 6.45) is 7.08. The molecule has 1 saturated heterocycles. The van der Waals surface area contributed by atoms with Crippen LogP contribution in [0.1, 0.15) is 35.3 Å². The van der Waals surface area contributed by atoms with E-state index in [1.54, 1.807) is 48.8 Å². The smallest absolute Gasteiger partial charge is 0.170 e. The zero-order chi connectivity index (χ0) is 25.2. The zero-order valence-electron chi connectivity index (χ0n) is 19.4. The number of ether oxygens (including phenoxy) is 1. The Balaban J connectivity index is 1.29. The number of aromatic nitrogens is 2. The van der Waals surface area contributed by atoms with Crippen LogP contribution in [0.3, 0.4) is 0 Å². The van der Waals surface area contributed by atoms with Crippen LogP contribution < -0.4 is 0 Å². The van der Waals surface area contributed by atoms with Gasteiger partial charge in [0.25, 0.3) is 0 Å². The molecule has 1 aliphatic rings. The lowest BCUT2D eigenvalue weighted by Crippen LogP contribution is -2.01. The van der Waals surface area contributed by atoms with E-state index >= 15 is 0 Å². The fourth-order valence-corrected chi connectivity index (χ4v) is 4.10. The van der Waals surface area contributed by atoms with Gasteiger partial charge in [0, 0.05) is 29.1 Å². The minimum absolute atomic E-state index is 0.00107. The first kappa shape index (κ1) is 23.9. The Kier molecular flexibility index (Phi) is 6.65. The molecule has 36 heavy (non-hydrogen) atoms. The summed E-state index contributed by atoms with van der Waals surface area (Å²) in [6, 6.07) is 13.0. The number of hydrogen-bond acceptors (Lipinski definition) is 3. The molecule has 0 bridgehead atoms. The summed E-state index contributed by atoms with van der Waals surface area (Å²) < 4.78 is 63.5. The molecule has 0 N–H and O–H groups in total. The van der Waals surface area contributed by atoms with Crippen molar-refractivity contribution in [1.29, 1.82) is 0 Å². The largest absolute Gasteiger partial charge is 0.368 e. The molecule has 1 fully saturated rings. The first-order valence-electron chi connectivity index (χ1n) is 11.6. The number of nitrogens with zero attached hydrogens (tertiary/aromatic N) is 2. The van der Waals surface area contributed by atoms with Crippen molar-refractivity contribution in [1.82, 2.24) is 9.97 Å². The minimum atomic E-state index is -0.987. The first-order valence-corrected chi connectivity index (χ1v) is 11.6. The average Bonchev–Trinajstić information content (AvgIpc) is 3.73. The molecule has 1 aliphatic heterocycles. The van der Waals surface area contributed by atoms with Gasteiger partial charge in [-0.3, -0.25) is 0 Å². The first-order chi connectivity index (χ1) is 17.5. The van der Waals surface area contributed by atoms with Crippen LogP contribution in [0.4, 0.5) is 17.6 Å². The van der Waals surface area contributed by atoms with Crippen LogP contribution in [-0.2, 0) is 17.6 Å². The zero-order valence-corrected chi connectivity index (χ0v) is 19.4. The van der Waals surface area contributed by atoms with E-state index in [0.29, 0.717) is 18.6 Å². The van der Waals surface area contributed by atoms with Crippen LogP contribution in [0.15, 0.2) is 67.0 Å². The van der Waals surface area contributed by atoms with Crippen molar-refractivity contribution in [3.05, 3.63) is 113 Å². The van der Waals surface area contributed by atoms with Gasteiger partial charge in [-0.25, -0.2) is 27.5 Å². The number of halogens is 4. The average molecular weight is 491 g/mol. The number of benzene rings is 3. The van der Waals surface area contributed by atoms with Gasteiger partial charge < -0.3 is 4.74 Å². The number of hydrogen-bond donors (Lipinski definition) is 0. The SMILES string of the molecule is C/C=C/c1cnc(-c2ccc(CCc3ccc(-c4ccc(C5CO5)c(F)c4F)cc3)c(F)c2F)nc1. The van der Waals surface area contributed by atoms with Crippen molar-refractivity contribution in [2.75, 3.05) is 6.61 Å². The molecule has 4 aromatic rings. The normalized spacial score (nSPS) is 15.0. The molecule has 1 aromatic heterocycles. The summed E-state index contributed by atoms with van der Waals surface area (Å²) >= 11 is 0. The maximum atomic E-state index is 14.8. The topological polar surface area (TPSA) is 38.3 Å². The third-order valence-corrected chi connectivity index (χ3v) is 6.17. The maximum absolute atomic E-state index is 14.8. The predicted octanol–water partition coefficient (Wildman–Crippen LogP) is 7.26. The molecular formula is C29H22F4N2O. The molecule has 2 heterocycles. The second kappa shape index (κ2) is 10.0. The van der Waals surface area contributed by atoms with Gasteiger partial charge in [0.15, 0.2) is 29.1 Å². The van der Waals surface area contributed by atoms with Gasteiger partial charge in [0.1, 0.15) is 6.10 Å². The van der Waals surface area contributed by atoms with E-state index < -0.39 is 23.3 Å². The molecule has 7 heteroatoms.